The lowest BCUT2D eigenvalue weighted by Gasteiger charge is -2.19. The van der Waals surface area contributed by atoms with E-state index in [0.717, 1.165) is 24.2 Å². The first-order chi connectivity index (χ1) is 9.36. The topological polar surface area (TPSA) is 74.7 Å². The fourth-order valence-electron chi connectivity index (χ4n) is 1.90. The van der Waals surface area contributed by atoms with E-state index in [9.17, 15) is 13.2 Å². The second kappa shape index (κ2) is 5.56. The minimum absolute atomic E-state index is 0.0104. The summed E-state index contributed by atoms with van der Waals surface area (Å²) in [4.78, 5) is 11.5. The predicted octanol–water partition coefficient (Wildman–Crippen LogP) is 1.79. The molecule has 1 N–H and O–H groups in total. The smallest absolute Gasteiger partial charge is 0.345 e. The van der Waals surface area contributed by atoms with Gasteiger partial charge < -0.3 is 5.11 Å². The molecule has 0 bridgehead atoms. The minimum Gasteiger partial charge on any atom is -0.477 e. The Morgan fingerprint density at radius 3 is 2.70 bits per heavy atom. The van der Waals surface area contributed by atoms with Crippen molar-refractivity contribution in [3.05, 3.63) is 15.8 Å². The Hall–Kier alpha value is -1.36. The second-order valence-corrected chi connectivity index (χ2v) is 7.94. The van der Waals surface area contributed by atoms with Crippen LogP contribution in [0.5, 0.6) is 0 Å². The number of nitrogens with zero attached hydrogens (tertiary/aromatic N) is 1. The van der Waals surface area contributed by atoms with E-state index in [1.54, 1.807) is 6.92 Å². The molecule has 1 saturated carbocycles. The lowest BCUT2D eigenvalue weighted by molar-refractivity contribution is 0.0702. The zero-order chi connectivity index (χ0) is 14.9. The van der Waals surface area contributed by atoms with Gasteiger partial charge in [-0.05, 0) is 31.7 Å². The molecule has 0 aromatic carbocycles. The zero-order valence-corrected chi connectivity index (χ0v) is 12.6. The van der Waals surface area contributed by atoms with Crippen molar-refractivity contribution < 1.29 is 18.3 Å². The van der Waals surface area contributed by atoms with E-state index in [2.05, 4.69) is 5.92 Å². The largest absolute Gasteiger partial charge is 0.477 e. The quantitative estimate of drug-likeness (QED) is 0.813. The summed E-state index contributed by atoms with van der Waals surface area (Å²) in [5.41, 5.74) is 0. The predicted molar refractivity (Wildman–Crippen MR) is 76.3 cm³/mol. The molecule has 0 radical (unpaired) electrons. The van der Waals surface area contributed by atoms with Crippen LogP contribution in [0.3, 0.4) is 0 Å². The van der Waals surface area contributed by atoms with Crippen molar-refractivity contribution in [2.45, 2.75) is 24.7 Å². The molecule has 1 aromatic heterocycles. The van der Waals surface area contributed by atoms with Gasteiger partial charge in [0.25, 0.3) is 0 Å². The molecule has 1 aromatic rings. The van der Waals surface area contributed by atoms with Gasteiger partial charge in [0.2, 0.25) is 10.0 Å². The fourth-order valence-corrected chi connectivity index (χ4v) is 4.73. The number of aryl methyl sites for hydroxylation is 1. The average Bonchev–Trinajstić information content (AvgIpc) is 3.08. The summed E-state index contributed by atoms with van der Waals surface area (Å²) in [6.45, 7) is 2.02. The molecule has 2 rings (SSSR count). The molecule has 1 aliphatic rings. The monoisotopic (exact) mass is 313 g/mol. The van der Waals surface area contributed by atoms with Gasteiger partial charge in [-0.15, -0.1) is 17.8 Å². The highest BCUT2D eigenvalue weighted by Crippen LogP contribution is 2.33. The van der Waals surface area contributed by atoms with Crippen LogP contribution in [0.4, 0.5) is 0 Å². The van der Waals surface area contributed by atoms with Crippen LogP contribution >= 0.6 is 11.3 Å². The van der Waals surface area contributed by atoms with Gasteiger partial charge in [0, 0.05) is 11.4 Å². The van der Waals surface area contributed by atoms with Crippen LogP contribution in [0.15, 0.2) is 11.0 Å². The number of aromatic carboxylic acids is 1. The molecule has 0 aliphatic heterocycles. The first-order valence-corrected chi connectivity index (χ1v) is 8.39. The Kier molecular flexibility index (Phi) is 4.18. The number of thiophene rings is 1. The highest BCUT2D eigenvalue weighted by molar-refractivity contribution is 7.89. The molecule has 0 saturated heterocycles. The Bertz CT molecular complexity index is 665. The average molecular weight is 313 g/mol. The molecule has 1 aliphatic carbocycles. The van der Waals surface area contributed by atoms with Crippen molar-refractivity contribution in [2.75, 3.05) is 13.1 Å². The Labute approximate surface area is 122 Å². The van der Waals surface area contributed by atoms with Crippen molar-refractivity contribution >= 4 is 27.3 Å². The van der Waals surface area contributed by atoms with Gasteiger partial charge >= 0.3 is 5.97 Å². The molecule has 108 valence electrons. The first-order valence-electron chi connectivity index (χ1n) is 6.13. The number of hydrogen-bond acceptors (Lipinski definition) is 4. The molecule has 0 spiro atoms. The van der Waals surface area contributed by atoms with Crippen LogP contribution in [0.2, 0.25) is 0 Å². The zero-order valence-electron chi connectivity index (χ0n) is 11.0. The molecule has 5 nitrogen and oxygen atoms in total. The number of sulfonamides is 1. The van der Waals surface area contributed by atoms with Crippen molar-refractivity contribution in [1.29, 1.82) is 0 Å². The summed E-state index contributed by atoms with van der Waals surface area (Å²) in [7, 11) is -3.72. The van der Waals surface area contributed by atoms with Crippen LogP contribution in [0, 0.1) is 25.2 Å². The summed E-state index contributed by atoms with van der Waals surface area (Å²) in [6.07, 6.45) is 7.27. The van der Waals surface area contributed by atoms with Crippen molar-refractivity contribution in [1.82, 2.24) is 4.31 Å². The van der Waals surface area contributed by atoms with E-state index in [-0.39, 0.29) is 16.3 Å². The van der Waals surface area contributed by atoms with E-state index < -0.39 is 16.0 Å². The summed E-state index contributed by atoms with van der Waals surface area (Å²) < 4.78 is 26.4. The highest BCUT2D eigenvalue weighted by atomic mass is 32.2. The highest BCUT2D eigenvalue weighted by Gasteiger charge is 2.33. The van der Waals surface area contributed by atoms with E-state index in [1.807, 2.05) is 0 Å². The standard InChI is InChI=1S/C13H15NO4S2/c1-3-6-14(8-10-4-5-10)20(17,18)12-7-11(13(15)16)19-9(12)2/h1,7,10H,4-6,8H2,2H3,(H,15,16). The number of carboxylic acids is 1. The normalized spacial score (nSPS) is 15.2. The van der Waals surface area contributed by atoms with Gasteiger partial charge in [-0.2, -0.15) is 4.31 Å². The number of rotatable bonds is 6. The number of carboxylic acid groups (broad SMARTS) is 1. The van der Waals surface area contributed by atoms with E-state index in [0.29, 0.717) is 17.3 Å². The summed E-state index contributed by atoms with van der Waals surface area (Å²) in [5.74, 6) is 1.61. The van der Waals surface area contributed by atoms with E-state index >= 15 is 0 Å². The Morgan fingerprint density at radius 1 is 1.60 bits per heavy atom. The van der Waals surface area contributed by atoms with Crippen molar-refractivity contribution in [2.24, 2.45) is 5.92 Å². The third-order valence-corrected chi connectivity index (χ3v) is 6.23. The SMILES string of the molecule is C#CCN(CC1CC1)S(=O)(=O)c1cc(C(=O)O)sc1C. The Morgan fingerprint density at radius 2 is 2.25 bits per heavy atom. The first kappa shape index (κ1) is 15.0. The van der Waals surface area contributed by atoms with Gasteiger partial charge in [-0.25, -0.2) is 13.2 Å². The van der Waals surface area contributed by atoms with Crippen molar-refractivity contribution in [3.63, 3.8) is 0 Å². The van der Waals surface area contributed by atoms with Gasteiger partial charge in [0.05, 0.1) is 11.4 Å². The minimum atomic E-state index is -3.72. The number of hydrogen-bond donors (Lipinski definition) is 1. The lowest BCUT2D eigenvalue weighted by Crippen LogP contribution is -2.33. The van der Waals surface area contributed by atoms with Gasteiger partial charge in [0.15, 0.2) is 0 Å². The number of terminal acetylenes is 1. The number of carbonyl (C=O) groups is 1. The molecule has 7 heteroatoms. The van der Waals surface area contributed by atoms with Crippen LogP contribution < -0.4 is 0 Å². The van der Waals surface area contributed by atoms with Crippen LogP contribution in [0.1, 0.15) is 27.4 Å². The van der Waals surface area contributed by atoms with E-state index in [4.69, 9.17) is 11.5 Å². The van der Waals surface area contributed by atoms with Crippen LogP contribution in [0.25, 0.3) is 0 Å². The molecule has 20 heavy (non-hydrogen) atoms. The maximum absolute atomic E-state index is 12.6. The third kappa shape index (κ3) is 3.03. The summed E-state index contributed by atoms with van der Waals surface area (Å²) in [5, 5.41) is 8.96. The van der Waals surface area contributed by atoms with Gasteiger partial charge in [-0.3, -0.25) is 0 Å². The lowest BCUT2D eigenvalue weighted by atomic mass is 10.4. The molecular formula is C13H15NO4S2. The molecular weight excluding hydrogens is 298 g/mol. The van der Waals surface area contributed by atoms with Crippen LogP contribution in [-0.4, -0.2) is 36.9 Å². The maximum atomic E-state index is 12.6. The maximum Gasteiger partial charge on any atom is 0.345 e. The molecule has 1 fully saturated rings. The molecule has 0 amide bonds. The third-order valence-electron chi connectivity index (χ3n) is 3.13. The van der Waals surface area contributed by atoms with Gasteiger partial charge in [0.1, 0.15) is 4.88 Å². The molecule has 0 atom stereocenters. The molecule has 1 heterocycles. The fraction of sp³-hybridized carbons (Fsp3) is 0.462. The molecule has 0 unspecified atom stereocenters. The van der Waals surface area contributed by atoms with E-state index in [1.165, 1.54) is 10.4 Å². The van der Waals surface area contributed by atoms with Crippen LogP contribution in [-0.2, 0) is 10.0 Å². The second-order valence-electron chi connectivity index (χ2n) is 4.78. The van der Waals surface area contributed by atoms with Crippen molar-refractivity contribution in [3.8, 4) is 12.3 Å². The van der Waals surface area contributed by atoms with Gasteiger partial charge in [-0.1, -0.05) is 5.92 Å². The summed E-state index contributed by atoms with van der Waals surface area (Å²) in [6, 6.07) is 1.22. The Balaban J connectivity index is 2.36. The summed E-state index contributed by atoms with van der Waals surface area (Å²) >= 11 is 0.962.